The molecule has 10 heteroatoms. The summed E-state index contributed by atoms with van der Waals surface area (Å²) in [5.41, 5.74) is -2.90. The number of aromatic amines is 2. The van der Waals surface area contributed by atoms with E-state index in [1.54, 1.807) is 4.98 Å². The van der Waals surface area contributed by atoms with Gasteiger partial charge in [0.15, 0.2) is 4.90 Å². The Hall–Kier alpha value is -1.94. The number of sulfonamides is 1. The standard InChI is InChI=1S/C10H15N3O6S/c1-10(2,3)6(8(15)16)13-20(18,19)5-4-11-9(17)12-7(5)14/h4,6,13H,1-3H3,(H,15,16)(H2,11,12,14,17)/t6-/m1/s1. The molecule has 0 saturated carbocycles. The van der Waals surface area contributed by atoms with Crippen LogP contribution in [-0.4, -0.2) is 35.5 Å². The van der Waals surface area contributed by atoms with Crippen molar-refractivity contribution in [3.8, 4) is 0 Å². The van der Waals surface area contributed by atoms with Gasteiger partial charge in [-0.3, -0.25) is 14.6 Å². The van der Waals surface area contributed by atoms with E-state index in [4.69, 9.17) is 5.11 Å². The maximum Gasteiger partial charge on any atom is 0.325 e. The van der Waals surface area contributed by atoms with Gasteiger partial charge in [-0.25, -0.2) is 13.2 Å². The van der Waals surface area contributed by atoms with E-state index in [1.165, 1.54) is 20.8 Å². The molecule has 0 spiro atoms. The van der Waals surface area contributed by atoms with E-state index in [9.17, 15) is 22.8 Å². The predicted molar refractivity (Wildman–Crippen MR) is 68.9 cm³/mol. The van der Waals surface area contributed by atoms with E-state index in [1.807, 2.05) is 9.71 Å². The zero-order chi connectivity index (χ0) is 15.7. The lowest BCUT2D eigenvalue weighted by molar-refractivity contribution is -0.141. The van der Waals surface area contributed by atoms with Crippen molar-refractivity contribution >= 4 is 16.0 Å². The number of aliphatic carboxylic acids is 1. The van der Waals surface area contributed by atoms with E-state index in [-0.39, 0.29) is 0 Å². The van der Waals surface area contributed by atoms with Gasteiger partial charge in [-0.2, -0.15) is 4.72 Å². The van der Waals surface area contributed by atoms with Crippen LogP contribution in [0.25, 0.3) is 0 Å². The first kappa shape index (κ1) is 16.1. The predicted octanol–water partition coefficient (Wildman–Crippen LogP) is -1.16. The van der Waals surface area contributed by atoms with Crippen LogP contribution in [0, 0.1) is 5.41 Å². The lowest BCUT2D eigenvalue weighted by atomic mass is 9.88. The van der Waals surface area contributed by atoms with Crippen molar-refractivity contribution in [2.45, 2.75) is 31.7 Å². The van der Waals surface area contributed by atoms with Crippen molar-refractivity contribution in [3.63, 3.8) is 0 Å². The Morgan fingerprint density at radius 3 is 2.30 bits per heavy atom. The third-order valence-corrected chi connectivity index (χ3v) is 3.89. The number of nitrogens with one attached hydrogen (secondary N) is 3. The van der Waals surface area contributed by atoms with Gasteiger partial charge in [0.2, 0.25) is 10.0 Å². The summed E-state index contributed by atoms with van der Waals surface area (Å²) < 4.78 is 26.0. The molecule has 0 fully saturated rings. The average molecular weight is 305 g/mol. The van der Waals surface area contributed by atoms with Crippen LogP contribution < -0.4 is 16.0 Å². The summed E-state index contributed by atoms with van der Waals surface area (Å²) in [6.45, 7) is 4.60. The van der Waals surface area contributed by atoms with Gasteiger partial charge in [-0.1, -0.05) is 20.8 Å². The SMILES string of the molecule is CC(C)(C)[C@H](NS(=O)(=O)c1c[nH]c(=O)[nH]c1=O)C(=O)O. The third kappa shape index (κ3) is 3.54. The van der Waals surface area contributed by atoms with Gasteiger partial charge in [-0.05, 0) is 5.41 Å². The van der Waals surface area contributed by atoms with E-state index >= 15 is 0 Å². The Kier molecular flexibility index (Phi) is 4.20. The molecule has 0 unspecified atom stereocenters. The van der Waals surface area contributed by atoms with Crippen molar-refractivity contribution in [2.75, 3.05) is 0 Å². The molecule has 1 atom stereocenters. The molecule has 1 aromatic rings. The van der Waals surface area contributed by atoms with Crippen molar-refractivity contribution < 1.29 is 18.3 Å². The summed E-state index contributed by atoms with van der Waals surface area (Å²) in [5, 5.41) is 9.06. The average Bonchev–Trinajstić information content (AvgIpc) is 2.23. The van der Waals surface area contributed by atoms with Crippen LogP contribution in [-0.2, 0) is 14.8 Å². The molecule has 1 heterocycles. The smallest absolute Gasteiger partial charge is 0.325 e. The first-order valence-electron chi connectivity index (χ1n) is 5.52. The molecule has 9 nitrogen and oxygen atoms in total. The topological polar surface area (TPSA) is 149 Å². The van der Waals surface area contributed by atoms with Crippen LogP contribution in [0.3, 0.4) is 0 Å². The maximum absolute atomic E-state index is 12.0. The highest BCUT2D eigenvalue weighted by atomic mass is 32.2. The molecule has 0 amide bonds. The lowest BCUT2D eigenvalue weighted by Crippen LogP contribution is -2.50. The molecule has 0 bridgehead atoms. The largest absolute Gasteiger partial charge is 0.480 e. The molecule has 1 rings (SSSR count). The van der Waals surface area contributed by atoms with Gasteiger partial charge < -0.3 is 10.1 Å². The number of rotatable bonds is 4. The third-order valence-electron chi connectivity index (χ3n) is 2.46. The molecule has 0 aliphatic carbocycles. The van der Waals surface area contributed by atoms with Crippen LogP contribution in [0.15, 0.2) is 20.7 Å². The Bertz CT molecular complexity index is 724. The van der Waals surface area contributed by atoms with Gasteiger partial charge in [0.1, 0.15) is 6.04 Å². The summed E-state index contributed by atoms with van der Waals surface area (Å²) in [4.78, 5) is 36.4. The minimum absolute atomic E-state index is 0.713. The van der Waals surface area contributed by atoms with Crippen molar-refractivity contribution in [1.29, 1.82) is 0 Å². The number of carboxylic acid groups (broad SMARTS) is 1. The zero-order valence-electron chi connectivity index (χ0n) is 11.1. The van der Waals surface area contributed by atoms with Gasteiger partial charge >= 0.3 is 11.7 Å². The summed E-state index contributed by atoms with van der Waals surface area (Å²) in [6, 6.07) is -1.43. The molecule has 0 aliphatic heterocycles. The normalized spacial score (nSPS) is 13.9. The van der Waals surface area contributed by atoms with Gasteiger partial charge in [0, 0.05) is 6.20 Å². The van der Waals surface area contributed by atoms with E-state index in [2.05, 4.69) is 0 Å². The first-order valence-corrected chi connectivity index (χ1v) is 7.00. The molecule has 112 valence electrons. The van der Waals surface area contributed by atoms with E-state index in [0.717, 1.165) is 0 Å². The second-order valence-electron chi connectivity index (χ2n) is 5.19. The Balaban J connectivity index is 3.27. The van der Waals surface area contributed by atoms with Crippen LogP contribution in [0.2, 0.25) is 0 Å². The lowest BCUT2D eigenvalue weighted by Gasteiger charge is -2.27. The summed E-state index contributed by atoms with van der Waals surface area (Å²) in [5.74, 6) is -1.37. The van der Waals surface area contributed by atoms with Gasteiger partial charge in [0.25, 0.3) is 5.56 Å². The van der Waals surface area contributed by atoms with Crippen molar-refractivity contribution in [1.82, 2.24) is 14.7 Å². The Labute approximate surface area is 114 Å². The fourth-order valence-corrected chi connectivity index (χ4v) is 2.81. The van der Waals surface area contributed by atoms with E-state index in [0.29, 0.717) is 6.20 Å². The molecule has 4 N–H and O–H groups in total. The number of aromatic nitrogens is 2. The number of hydrogen-bond donors (Lipinski definition) is 4. The molecule has 0 aliphatic rings. The molecular weight excluding hydrogens is 290 g/mol. The Morgan fingerprint density at radius 2 is 1.90 bits per heavy atom. The highest BCUT2D eigenvalue weighted by Crippen LogP contribution is 2.20. The highest BCUT2D eigenvalue weighted by molar-refractivity contribution is 7.89. The molecule has 20 heavy (non-hydrogen) atoms. The molecule has 1 aromatic heterocycles. The summed E-state index contributed by atoms with van der Waals surface area (Å²) in [7, 11) is -4.38. The minimum Gasteiger partial charge on any atom is -0.480 e. The first-order chi connectivity index (χ1) is 8.95. The summed E-state index contributed by atoms with van der Waals surface area (Å²) in [6.07, 6.45) is 0.713. The maximum atomic E-state index is 12.0. The van der Waals surface area contributed by atoms with Crippen molar-refractivity contribution in [3.05, 3.63) is 27.0 Å². The highest BCUT2D eigenvalue weighted by Gasteiger charge is 2.36. The van der Waals surface area contributed by atoms with Crippen LogP contribution >= 0.6 is 0 Å². The Morgan fingerprint density at radius 1 is 1.35 bits per heavy atom. The molecule has 0 radical (unpaired) electrons. The molecule has 0 aromatic carbocycles. The monoisotopic (exact) mass is 305 g/mol. The second kappa shape index (κ2) is 5.21. The number of hydrogen-bond acceptors (Lipinski definition) is 5. The molecular formula is C10H15N3O6S. The fraction of sp³-hybridized carbons (Fsp3) is 0.500. The zero-order valence-corrected chi connectivity index (χ0v) is 11.9. The van der Waals surface area contributed by atoms with Crippen LogP contribution in [0.1, 0.15) is 20.8 Å². The number of carbonyl (C=O) groups is 1. The van der Waals surface area contributed by atoms with Crippen LogP contribution in [0.5, 0.6) is 0 Å². The number of carboxylic acids is 1. The second-order valence-corrected chi connectivity index (χ2v) is 6.88. The van der Waals surface area contributed by atoms with Gasteiger partial charge in [0.05, 0.1) is 0 Å². The number of H-pyrrole nitrogens is 2. The van der Waals surface area contributed by atoms with Gasteiger partial charge in [-0.15, -0.1) is 0 Å². The van der Waals surface area contributed by atoms with Crippen molar-refractivity contribution in [2.24, 2.45) is 5.41 Å². The van der Waals surface area contributed by atoms with E-state index < -0.39 is 43.6 Å². The minimum atomic E-state index is -4.38. The van der Waals surface area contributed by atoms with Crippen LogP contribution in [0.4, 0.5) is 0 Å². The quantitative estimate of drug-likeness (QED) is 0.551. The fourth-order valence-electron chi connectivity index (χ4n) is 1.41. The molecule has 0 saturated heterocycles. The summed E-state index contributed by atoms with van der Waals surface area (Å²) >= 11 is 0.